The van der Waals surface area contributed by atoms with E-state index in [1.807, 2.05) is 12.1 Å². The summed E-state index contributed by atoms with van der Waals surface area (Å²) >= 11 is 5.15. The van der Waals surface area contributed by atoms with Crippen LogP contribution in [0.25, 0.3) is 0 Å². The highest BCUT2D eigenvalue weighted by molar-refractivity contribution is 9.10. The first kappa shape index (κ1) is 10.1. The lowest BCUT2D eigenvalue weighted by molar-refractivity contribution is 0.296. The minimum absolute atomic E-state index is 0.281. The molecule has 0 spiro atoms. The van der Waals surface area contributed by atoms with Crippen molar-refractivity contribution >= 4 is 27.7 Å². The number of aliphatic hydroxyl groups is 1. The molecule has 12 heavy (non-hydrogen) atoms. The third-order valence-electron chi connectivity index (χ3n) is 1.38. The molecule has 0 bridgehead atoms. The van der Waals surface area contributed by atoms with Crippen LogP contribution in [0.2, 0.25) is 0 Å². The van der Waals surface area contributed by atoms with E-state index in [9.17, 15) is 0 Å². The smallest absolute Gasteiger partial charge is 0.0439 e. The maximum absolute atomic E-state index is 8.57. The maximum atomic E-state index is 8.57. The average Bonchev–Trinajstić information content (AvgIpc) is 2.09. The molecular weight excluding hydrogens is 236 g/mol. The Hall–Kier alpha value is 0.01000. The van der Waals surface area contributed by atoms with Gasteiger partial charge in [0.05, 0.1) is 0 Å². The Kier molecular flexibility index (Phi) is 4.73. The molecule has 0 aliphatic carbocycles. The fourth-order valence-electron chi connectivity index (χ4n) is 0.785. The SMILES string of the molecule is OCCCSc1ccc(Br)cc1. The molecule has 66 valence electrons. The zero-order valence-corrected chi connectivity index (χ0v) is 9.07. The van der Waals surface area contributed by atoms with E-state index in [0.29, 0.717) is 0 Å². The predicted molar refractivity (Wildman–Crippen MR) is 56.6 cm³/mol. The van der Waals surface area contributed by atoms with Gasteiger partial charge < -0.3 is 5.11 Å². The summed E-state index contributed by atoms with van der Waals surface area (Å²) in [5.41, 5.74) is 0. The Labute approximate surface area is 85.3 Å². The lowest BCUT2D eigenvalue weighted by atomic mass is 10.4. The van der Waals surface area contributed by atoms with Crippen LogP contribution in [0, 0.1) is 0 Å². The molecule has 1 aromatic carbocycles. The van der Waals surface area contributed by atoms with Gasteiger partial charge in [-0.2, -0.15) is 0 Å². The van der Waals surface area contributed by atoms with Gasteiger partial charge in [-0.05, 0) is 30.7 Å². The van der Waals surface area contributed by atoms with Crippen molar-refractivity contribution in [3.8, 4) is 0 Å². The number of hydrogen-bond acceptors (Lipinski definition) is 2. The Morgan fingerprint density at radius 2 is 1.92 bits per heavy atom. The molecule has 0 radical (unpaired) electrons. The van der Waals surface area contributed by atoms with Gasteiger partial charge in [-0.1, -0.05) is 15.9 Å². The summed E-state index contributed by atoms with van der Waals surface area (Å²) in [6, 6.07) is 8.21. The molecule has 0 fully saturated rings. The number of halogens is 1. The Morgan fingerprint density at radius 1 is 1.25 bits per heavy atom. The van der Waals surface area contributed by atoms with E-state index in [2.05, 4.69) is 28.1 Å². The minimum Gasteiger partial charge on any atom is -0.396 e. The van der Waals surface area contributed by atoms with Crippen LogP contribution in [0.5, 0.6) is 0 Å². The monoisotopic (exact) mass is 246 g/mol. The molecule has 3 heteroatoms. The first-order valence-electron chi connectivity index (χ1n) is 3.82. The van der Waals surface area contributed by atoms with Crippen LogP contribution >= 0.6 is 27.7 Å². The summed E-state index contributed by atoms with van der Waals surface area (Å²) < 4.78 is 1.11. The van der Waals surface area contributed by atoms with Crippen molar-refractivity contribution in [2.75, 3.05) is 12.4 Å². The highest BCUT2D eigenvalue weighted by Crippen LogP contribution is 2.20. The molecule has 0 saturated carbocycles. The molecule has 1 N–H and O–H groups in total. The first-order valence-corrected chi connectivity index (χ1v) is 5.60. The average molecular weight is 247 g/mol. The van der Waals surface area contributed by atoms with Gasteiger partial charge in [0.1, 0.15) is 0 Å². The van der Waals surface area contributed by atoms with Gasteiger partial charge >= 0.3 is 0 Å². The van der Waals surface area contributed by atoms with Crippen molar-refractivity contribution in [3.05, 3.63) is 28.7 Å². The third kappa shape index (κ3) is 3.61. The lowest BCUT2D eigenvalue weighted by Gasteiger charge is -1.99. The van der Waals surface area contributed by atoms with E-state index in [1.165, 1.54) is 4.90 Å². The topological polar surface area (TPSA) is 20.2 Å². The third-order valence-corrected chi connectivity index (χ3v) is 3.01. The fraction of sp³-hybridized carbons (Fsp3) is 0.333. The first-order chi connectivity index (χ1) is 5.83. The van der Waals surface area contributed by atoms with Gasteiger partial charge in [-0.25, -0.2) is 0 Å². The van der Waals surface area contributed by atoms with Gasteiger partial charge in [0.15, 0.2) is 0 Å². The molecule has 0 aliphatic heterocycles. The second-order valence-electron chi connectivity index (χ2n) is 2.38. The molecule has 0 atom stereocenters. The van der Waals surface area contributed by atoms with Crippen LogP contribution < -0.4 is 0 Å². The van der Waals surface area contributed by atoms with Crippen LogP contribution in [0.1, 0.15) is 6.42 Å². The van der Waals surface area contributed by atoms with Crippen molar-refractivity contribution in [3.63, 3.8) is 0 Å². The summed E-state index contributed by atoms with van der Waals surface area (Å²) in [6.07, 6.45) is 0.862. The van der Waals surface area contributed by atoms with Crippen molar-refractivity contribution in [2.45, 2.75) is 11.3 Å². The number of rotatable bonds is 4. The predicted octanol–water partition coefficient (Wildman–Crippen LogP) is 2.92. The Morgan fingerprint density at radius 3 is 2.50 bits per heavy atom. The quantitative estimate of drug-likeness (QED) is 0.652. The van der Waals surface area contributed by atoms with Crippen LogP contribution in [-0.2, 0) is 0 Å². The van der Waals surface area contributed by atoms with Gasteiger partial charge in [0.2, 0.25) is 0 Å². The molecule has 0 aliphatic rings. The molecule has 0 amide bonds. The fourth-order valence-corrected chi connectivity index (χ4v) is 1.89. The van der Waals surface area contributed by atoms with E-state index in [1.54, 1.807) is 11.8 Å². The summed E-state index contributed by atoms with van der Waals surface area (Å²) in [6.45, 7) is 0.281. The molecule has 0 aromatic heterocycles. The number of benzene rings is 1. The highest BCUT2D eigenvalue weighted by Gasteiger charge is 1.92. The molecule has 1 nitrogen and oxygen atoms in total. The molecular formula is C9H11BrOS. The highest BCUT2D eigenvalue weighted by atomic mass is 79.9. The second kappa shape index (κ2) is 5.62. The van der Waals surface area contributed by atoms with E-state index in [-0.39, 0.29) is 6.61 Å². The van der Waals surface area contributed by atoms with Crippen LogP contribution in [0.3, 0.4) is 0 Å². The second-order valence-corrected chi connectivity index (χ2v) is 4.46. The van der Waals surface area contributed by atoms with E-state index >= 15 is 0 Å². The van der Waals surface area contributed by atoms with E-state index < -0.39 is 0 Å². The van der Waals surface area contributed by atoms with Crippen molar-refractivity contribution in [1.82, 2.24) is 0 Å². The summed E-state index contributed by atoms with van der Waals surface area (Å²) in [5, 5.41) is 8.57. The summed E-state index contributed by atoms with van der Waals surface area (Å²) in [7, 11) is 0. The molecule has 1 rings (SSSR count). The van der Waals surface area contributed by atoms with Gasteiger partial charge in [-0.15, -0.1) is 11.8 Å². The number of hydrogen-bond donors (Lipinski definition) is 1. The van der Waals surface area contributed by atoms with Crippen molar-refractivity contribution in [2.24, 2.45) is 0 Å². The van der Waals surface area contributed by atoms with Crippen LogP contribution in [0.4, 0.5) is 0 Å². The Balaban J connectivity index is 2.37. The maximum Gasteiger partial charge on any atom is 0.0439 e. The van der Waals surface area contributed by atoms with E-state index in [0.717, 1.165) is 16.6 Å². The molecule has 0 unspecified atom stereocenters. The largest absolute Gasteiger partial charge is 0.396 e. The zero-order chi connectivity index (χ0) is 8.81. The number of thioether (sulfide) groups is 1. The zero-order valence-electron chi connectivity index (χ0n) is 6.66. The lowest BCUT2D eigenvalue weighted by Crippen LogP contribution is -1.84. The minimum atomic E-state index is 0.281. The standard InChI is InChI=1S/C9H11BrOS/c10-8-2-4-9(5-3-8)12-7-1-6-11/h2-5,11H,1,6-7H2. The Bertz CT molecular complexity index is 222. The van der Waals surface area contributed by atoms with Crippen molar-refractivity contribution < 1.29 is 5.11 Å². The molecule has 0 heterocycles. The summed E-state index contributed by atoms with van der Waals surface area (Å²) in [5.74, 6) is 0.984. The number of aliphatic hydroxyl groups excluding tert-OH is 1. The normalized spacial score (nSPS) is 10.2. The van der Waals surface area contributed by atoms with Crippen molar-refractivity contribution in [1.29, 1.82) is 0 Å². The van der Waals surface area contributed by atoms with Gasteiger partial charge in [0, 0.05) is 21.7 Å². The van der Waals surface area contributed by atoms with Crippen LogP contribution in [0.15, 0.2) is 33.6 Å². The van der Waals surface area contributed by atoms with Gasteiger partial charge in [-0.3, -0.25) is 0 Å². The van der Waals surface area contributed by atoms with E-state index in [4.69, 9.17) is 5.11 Å². The van der Waals surface area contributed by atoms with Gasteiger partial charge in [0.25, 0.3) is 0 Å². The summed E-state index contributed by atoms with van der Waals surface area (Å²) in [4.78, 5) is 1.26. The van der Waals surface area contributed by atoms with Crippen LogP contribution in [-0.4, -0.2) is 17.5 Å². The molecule has 1 aromatic rings. The molecule has 0 saturated heterocycles.